The van der Waals surface area contributed by atoms with Gasteiger partial charge in [-0.05, 0) is 80.6 Å². The van der Waals surface area contributed by atoms with Crippen LogP contribution in [0.25, 0.3) is 0 Å². The Hall–Kier alpha value is -0.720. The summed E-state index contributed by atoms with van der Waals surface area (Å²) < 4.78 is 0. The molecule has 34 heavy (non-hydrogen) atoms. The van der Waals surface area contributed by atoms with Crippen LogP contribution < -0.4 is 0 Å². The van der Waals surface area contributed by atoms with E-state index in [0.29, 0.717) is 30.1 Å². The number of fused-ring (bicyclic) bond motifs is 2. The molecule has 4 fully saturated rings. The van der Waals surface area contributed by atoms with Gasteiger partial charge in [0.25, 0.3) is 0 Å². The molecule has 2 N–H and O–H groups in total. The molecular formula is C29H46O5. The average Bonchev–Trinajstić information content (AvgIpc) is 3.18. The van der Waals surface area contributed by atoms with E-state index < -0.39 is 11.2 Å². The van der Waals surface area contributed by atoms with Gasteiger partial charge in [-0.15, -0.1) is 6.58 Å². The van der Waals surface area contributed by atoms with E-state index in [1.54, 1.807) is 6.08 Å². The third-order valence-electron chi connectivity index (χ3n) is 11.9. The van der Waals surface area contributed by atoms with Gasteiger partial charge in [-0.25, -0.2) is 14.7 Å². The molecule has 2 heterocycles. The van der Waals surface area contributed by atoms with Crippen LogP contribution in [0.2, 0.25) is 0 Å². The molecule has 0 amide bonds. The molecule has 3 unspecified atom stereocenters. The highest BCUT2D eigenvalue weighted by Crippen LogP contribution is 2.72. The summed E-state index contributed by atoms with van der Waals surface area (Å²) in [6.45, 7) is 15.4. The van der Waals surface area contributed by atoms with Gasteiger partial charge >= 0.3 is 0 Å². The zero-order valence-corrected chi connectivity index (χ0v) is 21.9. The lowest BCUT2D eigenvalue weighted by Crippen LogP contribution is -2.73. The number of hydrogen-bond acceptors (Lipinski definition) is 5. The van der Waals surface area contributed by atoms with Crippen LogP contribution in [0.15, 0.2) is 24.8 Å². The van der Waals surface area contributed by atoms with Gasteiger partial charge in [0.05, 0.1) is 6.10 Å². The molecule has 1 saturated heterocycles. The quantitative estimate of drug-likeness (QED) is 0.251. The van der Waals surface area contributed by atoms with Crippen LogP contribution in [0.3, 0.4) is 0 Å². The van der Waals surface area contributed by atoms with E-state index in [1.165, 1.54) is 12.8 Å². The summed E-state index contributed by atoms with van der Waals surface area (Å²) in [6.07, 6.45) is 15.1. The van der Waals surface area contributed by atoms with Crippen molar-refractivity contribution in [2.24, 2.45) is 40.4 Å². The van der Waals surface area contributed by atoms with Crippen molar-refractivity contribution in [3.63, 3.8) is 0 Å². The van der Waals surface area contributed by atoms with Crippen LogP contribution in [0, 0.1) is 40.4 Å². The molecule has 4 aliphatic carbocycles. The second-order valence-electron chi connectivity index (χ2n) is 13.3. The molecule has 0 aromatic carbocycles. The molecule has 6 aliphatic rings. The predicted octanol–water partition coefficient (Wildman–Crippen LogP) is 6.48. The fourth-order valence-electron chi connectivity index (χ4n) is 9.54. The molecule has 5 nitrogen and oxygen atoms in total. The number of aliphatic hydroxyl groups excluding tert-OH is 1. The first-order valence-electron chi connectivity index (χ1n) is 13.7. The van der Waals surface area contributed by atoms with Gasteiger partial charge in [0.15, 0.2) is 0 Å². The Morgan fingerprint density at radius 2 is 1.85 bits per heavy atom. The van der Waals surface area contributed by atoms with Gasteiger partial charge < -0.3 is 5.11 Å². The lowest BCUT2D eigenvalue weighted by atomic mass is 9.42. The number of aliphatic hydroxyl groups is 1. The van der Waals surface area contributed by atoms with E-state index in [2.05, 4.69) is 53.3 Å². The average molecular weight is 475 g/mol. The van der Waals surface area contributed by atoms with E-state index >= 15 is 0 Å². The van der Waals surface area contributed by atoms with Crippen molar-refractivity contribution >= 4 is 0 Å². The van der Waals surface area contributed by atoms with Gasteiger partial charge in [-0.3, -0.25) is 5.26 Å². The second-order valence-corrected chi connectivity index (χ2v) is 13.3. The molecule has 0 aromatic heterocycles. The maximum absolute atomic E-state index is 10.4. The van der Waals surface area contributed by atoms with E-state index in [4.69, 9.17) is 14.7 Å². The number of rotatable bonds is 7. The Labute approximate surface area is 205 Å². The standard InChI is InChI=1S/C29H46O5/c1-7-27(32-31,19(2)3)15-10-20(4)22-8-9-23-25(22,5)13-12-24-26(6)14-11-21(30)18-28(26)16-17-29(23,24)34-33-28/h7,16-17,19-24,30-31H,1,8-15,18H2,2-6H3/t20-,21+,22-,23?,24?,25-,26-,27?,28-,29+/m1/s1. The fourth-order valence-corrected chi connectivity index (χ4v) is 9.54. The molecule has 192 valence electrons. The lowest BCUT2D eigenvalue weighted by molar-refractivity contribution is -0.497. The highest BCUT2D eigenvalue weighted by molar-refractivity contribution is 5.33. The lowest BCUT2D eigenvalue weighted by Gasteiger charge is -2.69. The molecule has 6 rings (SSSR count). The van der Waals surface area contributed by atoms with E-state index in [1.807, 2.05) is 0 Å². The van der Waals surface area contributed by atoms with Crippen LogP contribution in [0.4, 0.5) is 0 Å². The Bertz CT molecular complexity index is 840. The van der Waals surface area contributed by atoms with Gasteiger partial charge in [0.1, 0.15) is 16.8 Å². The van der Waals surface area contributed by atoms with Crippen LogP contribution in [-0.2, 0) is 14.7 Å². The van der Waals surface area contributed by atoms with Gasteiger partial charge in [-0.1, -0.05) is 46.8 Å². The summed E-state index contributed by atoms with van der Waals surface area (Å²) in [5.74, 6) is 2.17. The van der Waals surface area contributed by atoms with Gasteiger partial charge in [0, 0.05) is 23.7 Å². The minimum absolute atomic E-state index is 0.0174. The van der Waals surface area contributed by atoms with Crippen molar-refractivity contribution in [1.29, 1.82) is 0 Å². The molecule has 2 aliphatic heterocycles. The molecule has 2 bridgehead atoms. The Morgan fingerprint density at radius 1 is 1.09 bits per heavy atom. The van der Waals surface area contributed by atoms with E-state index in [-0.39, 0.29) is 28.5 Å². The molecule has 5 heteroatoms. The predicted molar refractivity (Wildman–Crippen MR) is 132 cm³/mol. The van der Waals surface area contributed by atoms with Crippen LogP contribution in [-0.4, -0.2) is 33.3 Å². The first-order valence-corrected chi connectivity index (χ1v) is 13.7. The van der Waals surface area contributed by atoms with Crippen molar-refractivity contribution in [2.45, 2.75) is 115 Å². The maximum atomic E-state index is 10.4. The zero-order chi connectivity index (χ0) is 24.6. The summed E-state index contributed by atoms with van der Waals surface area (Å²) >= 11 is 0. The highest BCUT2D eigenvalue weighted by atomic mass is 17.2. The third kappa shape index (κ3) is 3.09. The SMILES string of the molecule is C=CC(CC[C@@H](C)[C@H]1CCC2[C@@]34C=C[C@]5(C[C@@H](O)CC[C@]5(C)C3CC[C@@]21C)OO4)(OO)C(C)C. The topological polar surface area (TPSA) is 68.2 Å². The first kappa shape index (κ1) is 25.0. The Kier molecular flexibility index (Phi) is 5.98. The monoisotopic (exact) mass is 474 g/mol. The molecule has 0 aromatic rings. The van der Waals surface area contributed by atoms with E-state index in [0.717, 1.165) is 38.5 Å². The van der Waals surface area contributed by atoms with Crippen LogP contribution in [0.1, 0.15) is 92.4 Å². The molecule has 0 radical (unpaired) electrons. The normalized spacial score (nSPS) is 49.8. The van der Waals surface area contributed by atoms with Gasteiger partial charge in [0.2, 0.25) is 0 Å². The van der Waals surface area contributed by atoms with Crippen molar-refractivity contribution in [3.05, 3.63) is 24.8 Å². The highest BCUT2D eigenvalue weighted by Gasteiger charge is 2.74. The second kappa shape index (κ2) is 8.14. The van der Waals surface area contributed by atoms with Gasteiger partial charge in [-0.2, -0.15) is 0 Å². The zero-order valence-electron chi connectivity index (χ0n) is 21.9. The molecule has 3 saturated carbocycles. The Balaban J connectivity index is 1.39. The first-order chi connectivity index (χ1) is 16.0. The summed E-state index contributed by atoms with van der Waals surface area (Å²) in [6, 6.07) is 0. The number of hydrogen-bond donors (Lipinski definition) is 2. The van der Waals surface area contributed by atoms with Crippen molar-refractivity contribution < 1.29 is 25.0 Å². The largest absolute Gasteiger partial charge is 0.393 e. The fraction of sp³-hybridized carbons (Fsp3) is 0.862. The molecule has 2 spiro atoms. The van der Waals surface area contributed by atoms with Crippen LogP contribution >= 0.6 is 0 Å². The minimum atomic E-state index is -0.681. The summed E-state index contributed by atoms with van der Waals surface area (Å²) in [5.41, 5.74) is -1.30. The molecular weight excluding hydrogens is 428 g/mol. The van der Waals surface area contributed by atoms with Crippen molar-refractivity contribution in [3.8, 4) is 0 Å². The smallest absolute Gasteiger partial charge is 0.130 e. The van der Waals surface area contributed by atoms with Crippen molar-refractivity contribution in [2.75, 3.05) is 0 Å². The summed E-state index contributed by atoms with van der Waals surface area (Å²) in [5, 5.41) is 20.1. The summed E-state index contributed by atoms with van der Waals surface area (Å²) in [7, 11) is 0. The van der Waals surface area contributed by atoms with Crippen LogP contribution in [0.5, 0.6) is 0 Å². The Morgan fingerprint density at radius 3 is 2.47 bits per heavy atom. The molecule has 10 atom stereocenters. The van der Waals surface area contributed by atoms with E-state index in [9.17, 15) is 10.4 Å². The van der Waals surface area contributed by atoms with Crippen molar-refractivity contribution in [1.82, 2.24) is 0 Å². The third-order valence-corrected chi connectivity index (χ3v) is 11.9. The minimum Gasteiger partial charge on any atom is -0.393 e. The summed E-state index contributed by atoms with van der Waals surface area (Å²) in [4.78, 5) is 17.8. The maximum Gasteiger partial charge on any atom is 0.130 e.